The second-order valence-corrected chi connectivity index (χ2v) is 5.17. The SMILES string of the molecule is CS(=O)(=O)CCNc1n[nH]c(=O)[nH]c1=O. The van der Waals surface area contributed by atoms with Gasteiger partial charge in [-0.15, -0.1) is 5.10 Å². The molecule has 0 fully saturated rings. The van der Waals surface area contributed by atoms with Gasteiger partial charge in [-0.2, -0.15) is 0 Å². The topological polar surface area (TPSA) is 125 Å². The minimum Gasteiger partial charge on any atom is -0.363 e. The zero-order valence-corrected chi connectivity index (χ0v) is 8.72. The van der Waals surface area contributed by atoms with Gasteiger partial charge in [0.25, 0.3) is 5.56 Å². The zero-order valence-electron chi connectivity index (χ0n) is 7.90. The summed E-state index contributed by atoms with van der Waals surface area (Å²) in [5, 5.41) is 7.92. The van der Waals surface area contributed by atoms with Crippen molar-refractivity contribution in [3.63, 3.8) is 0 Å². The molecule has 1 rings (SSSR count). The van der Waals surface area contributed by atoms with E-state index in [-0.39, 0.29) is 18.1 Å². The third-order valence-corrected chi connectivity index (χ3v) is 2.42. The summed E-state index contributed by atoms with van der Waals surface area (Å²) in [5.74, 6) is -0.231. The Labute approximate surface area is 84.7 Å². The van der Waals surface area contributed by atoms with Crippen molar-refractivity contribution < 1.29 is 8.42 Å². The van der Waals surface area contributed by atoms with Crippen LogP contribution in [0.3, 0.4) is 0 Å². The predicted octanol–water partition coefficient (Wildman–Crippen LogP) is -2.09. The number of aromatic amines is 2. The first-order valence-electron chi connectivity index (χ1n) is 3.99. The number of nitrogens with one attached hydrogen (secondary N) is 3. The Kier molecular flexibility index (Phi) is 3.24. The minimum atomic E-state index is -3.09. The quantitative estimate of drug-likeness (QED) is 0.549. The van der Waals surface area contributed by atoms with E-state index >= 15 is 0 Å². The van der Waals surface area contributed by atoms with Crippen LogP contribution in [0.1, 0.15) is 0 Å². The van der Waals surface area contributed by atoms with Gasteiger partial charge in [0.05, 0.1) is 5.75 Å². The lowest BCUT2D eigenvalue weighted by atomic mass is 10.6. The van der Waals surface area contributed by atoms with Crippen LogP contribution in [-0.2, 0) is 9.84 Å². The lowest BCUT2D eigenvalue weighted by Gasteiger charge is -2.01. The van der Waals surface area contributed by atoms with Gasteiger partial charge >= 0.3 is 5.69 Å². The largest absolute Gasteiger partial charge is 0.363 e. The van der Waals surface area contributed by atoms with Crippen LogP contribution in [-0.4, -0.2) is 42.2 Å². The molecule has 15 heavy (non-hydrogen) atoms. The number of hydrogen-bond acceptors (Lipinski definition) is 6. The molecule has 1 aromatic heterocycles. The molecule has 3 N–H and O–H groups in total. The first-order valence-corrected chi connectivity index (χ1v) is 6.05. The van der Waals surface area contributed by atoms with Gasteiger partial charge in [0, 0.05) is 12.8 Å². The van der Waals surface area contributed by atoms with Crippen molar-refractivity contribution in [1.82, 2.24) is 15.2 Å². The van der Waals surface area contributed by atoms with Crippen molar-refractivity contribution in [2.45, 2.75) is 0 Å². The van der Waals surface area contributed by atoms with Gasteiger partial charge in [0.15, 0.2) is 0 Å². The first kappa shape index (κ1) is 11.4. The number of aromatic nitrogens is 3. The number of hydrogen-bond donors (Lipinski definition) is 3. The van der Waals surface area contributed by atoms with Gasteiger partial charge in [-0.1, -0.05) is 0 Å². The van der Waals surface area contributed by atoms with Crippen LogP contribution in [0.25, 0.3) is 0 Å². The molecular weight excluding hydrogens is 224 g/mol. The van der Waals surface area contributed by atoms with Crippen LogP contribution in [0.2, 0.25) is 0 Å². The monoisotopic (exact) mass is 234 g/mol. The Hall–Kier alpha value is -1.64. The molecule has 8 nitrogen and oxygen atoms in total. The maximum absolute atomic E-state index is 11.0. The highest BCUT2D eigenvalue weighted by Crippen LogP contribution is 1.87. The highest BCUT2D eigenvalue weighted by molar-refractivity contribution is 7.90. The molecule has 0 aliphatic carbocycles. The van der Waals surface area contributed by atoms with Crippen LogP contribution in [0.4, 0.5) is 5.82 Å². The van der Waals surface area contributed by atoms with E-state index in [0.29, 0.717) is 0 Å². The second-order valence-electron chi connectivity index (χ2n) is 2.91. The van der Waals surface area contributed by atoms with Crippen molar-refractivity contribution in [3.05, 3.63) is 20.8 Å². The third-order valence-electron chi connectivity index (χ3n) is 1.48. The molecule has 0 radical (unpaired) electrons. The first-order chi connectivity index (χ1) is 6.88. The highest BCUT2D eigenvalue weighted by Gasteiger charge is 2.04. The molecule has 0 aliphatic heterocycles. The molecule has 0 aliphatic rings. The molecule has 0 unspecified atom stereocenters. The number of nitrogens with zero attached hydrogens (tertiary/aromatic N) is 1. The summed E-state index contributed by atoms with van der Waals surface area (Å²) in [7, 11) is -3.09. The van der Waals surface area contributed by atoms with Crippen molar-refractivity contribution in [2.24, 2.45) is 0 Å². The predicted molar refractivity (Wildman–Crippen MR) is 53.7 cm³/mol. The average Bonchev–Trinajstić information content (AvgIpc) is 2.07. The lowest BCUT2D eigenvalue weighted by molar-refractivity contribution is 0.602. The van der Waals surface area contributed by atoms with Crippen LogP contribution in [0, 0.1) is 0 Å². The van der Waals surface area contributed by atoms with E-state index < -0.39 is 21.1 Å². The fourth-order valence-electron chi connectivity index (χ4n) is 0.822. The maximum Gasteiger partial charge on any atom is 0.342 e. The summed E-state index contributed by atoms with van der Waals surface area (Å²) in [6.07, 6.45) is 1.08. The summed E-state index contributed by atoms with van der Waals surface area (Å²) in [5.41, 5.74) is -1.40. The van der Waals surface area contributed by atoms with Crippen LogP contribution < -0.4 is 16.6 Å². The fourth-order valence-corrected chi connectivity index (χ4v) is 1.30. The molecule has 1 aromatic rings. The van der Waals surface area contributed by atoms with Crippen LogP contribution in [0.15, 0.2) is 9.59 Å². The van der Waals surface area contributed by atoms with Gasteiger partial charge in [0.1, 0.15) is 9.84 Å². The van der Waals surface area contributed by atoms with E-state index in [1.807, 2.05) is 10.1 Å². The van der Waals surface area contributed by atoms with Gasteiger partial charge in [-0.05, 0) is 0 Å². The van der Waals surface area contributed by atoms with Crippen molar-refractivity contribution >= 4 is 15.7 Å². The molecule has 9 heteroatoms. The summed E-state index contributed by atoms with van der Waals surface area (Å²) in [6.45, 7) is 0.0565. The Balaban J connectivity index is 2.67. The molecule has 0 saturated heterocycles. The van der Waals surface area contributed by atoms with Gasteiger partial charge in [-0.3, -0.25) is 9.78 Å². The second kappa shape index (κ2) is 4.26. The Morgan fingerprint density at radius 2 is 2.07 bits per heavy atom. The van der Waals surface area contributed by atoms with Crippen LogP contribution in [0.5, 0.6) is 0 Å². The van der Waals surface area contributed by atoms with Gasteiger partial charge in [0.2, 0.25) is 5.82 Å². The molecule has 0 amide bonds. The van der Waals surface area contributed by atoms with E-state index in [4.69, 9.17) is 0 Å². The smallest absolute Gasteiger partial charge is 0.342 e. The van der Waals surface area contributed by atoms with Gasteiger partial charge in [-0.25, -0.2) is 18.3 Å². The number of rotatable bonds is 4. The summed E-state index contributed by atoms with van der Waals surface area (Å²) in [6, 6.07) is 0. The Bertz CT molecular complexity index is 543. The average molecular weight is 234 g/mol. The number of H-pyrrole nitrogens is 2. The Morgan fingerprint density at radius 1 is 1.40 bits per heavy atom. The van der Waals surface area contributed by atoms with Crippen molar-refractivity contribution in [1.29, 1.82) is 0 Å². The molecule has 0 spiro atoms. The summed E-state index contributed by atoms with van der Waals surface area (Å²) < 4.78 is 21.5. The molecule has 0 atom stereocenters. The molecule has 1 heterocycles. The molecule has 84 valence electrons. The van der Waals surface area contributed by atoms with Crippen molar-refractivity contribution in [2.75, 3.05) is 23.9 Å². The Morgan fingerprint density at radius 3 is 2.60 bits per heavy atom. The third kappa shape index (κ3) is 3.94. The molecule has 0 bridgehead atoms. The normalized spacial score (nSPS) is 11.3. The highest BCUT2D eigenvalue weighted by atomic mass is 32.2. The standard InChI is InChI=1S/C6H10N4O4S/c1-15(13,14)3-2-7-4-5(11)8-6(12)10-9-4/h2-3H2,1H3,(H,7,9)(H2,8,10,11,12). The molecular formula is C6H10N4O4S. The molecule has 0 saturated carbocycles. The van der Waals surface area contributed by atoms with E-state index in [1.165, 1.54) is 0 Å². The van der Waals surface area contributed by atoms with Gasteiger partial charge < -0.3 is 5.32 Å². The lowest BCUT2D eigenvalue weighted by Crippen LogP contribution is -2.28. The van der Waals surface area contributed by atoms with E-state index in [9.17, 15) is 18.0 Å². The van der Waals surface area contributed by atoms with E-state index in [0.717, 1.165) is 6.26 Å². The zero-order chi connectivity index (χ0) is 11.5. The molecule has 0 aromatic carbocycles. The maximum atomic E-state index is 11.0. The fraction of sp³-hybridized carbons (Fsp3) is 0.500. The number of anilines is 1. The van der Waals surface area contributed by atoms with E-state index in [1.54, 1.807) is 0 Å². The minimum absolute atomic E-state index is 0.0565. The summed E-state index contributed by atoms with van der Waals surface area (Å²) in [4.78, 5) is 23.6. The summed E-state index contributed by atoms with van der Waals surface area (Å²) >= 11 is 0. The van der Waals surface area contributed by atoms with Crippen molar-refractivity contribution in [3.8, 4) is 0 Å². The van der Waals surface area contributed by atoms with Crippen LogP contribution >= 0.6 is 0 Å². The van der Waals surface area contributed by atoms with E-state index in [2.05, 4.69) is 10.4 Å². The number of sulfone groups is 1.